The van der Waals surface area contributed by atoms with Gasteiger partial charge < -0.3 is 15.2 Å². The summed E-state index contributed by atoms with van der Waals surface area (Å²) in [4.78, 5) is 6.49. The quantitative estimate of drug-likeness (QED) is 0.790. The first kappa shape index (κ1) is 16.2. The molecule has 108 valence electrons. The van der Waals surface area contributed by atoms with Gasteiger partial charge in [0.1, 0.15) is 5.82 Å². The summed E-state index contributed by atoms with van der Waals surface area (Å²) in [7, 11) is 3.38. The van der Waals surface area contributed by atoms with Gasteiger partial charge in [0, 0.05) is 33.4 Å². The fourth-order valence-corrected chi connectivity index (χ4v) is 1.98. The van der Waals surface area contributed by atoms with E-state index in [0.717, 1.165) is 12.2 Å². The topological polar surface area (TPSA) is 60.6 Å². The maximum absolute atomic E-state index is 6.15. The van der Waals surface area contributed by atoms with Crippen molar-refractivity contribution >= 4 is 17.4 Å². The van der Waals surface area contributed by atoms with Crippen molar-refractivity contribution in [1.82, 2.24) is 9.88 Å². The zero-order chi connectivity index (χ0) is 14.3. The van der Waals surface area contributed by atoms with Crippen LogP contribution in [0.3, 0.4) is 0 Å². The largest absolute Gasteiger partial charge is 0.384 e. The highest BCUT2D eigenvalue weighted by Gasteiger charge is 2.16. The van der Waals surface area contributed by atoms with Crippen LogP contribution in [-0.4, -0.2) is 49.9 Å². The Balaban J connectivity index is 2.77. The third-order valence-electron chi connectivity index (χ3n) is 2.91. The van der Waals surface area contributed by atoms with Gasteiger partial charge in [-0.3, -0.25) is 4.90 Å². The zero-order valence-corrected chi connectivity index (χ0v) is 12.5. The number of nitrogens with two attached hydrogens (primary N) is 1. The smallest absolute Gasteiger partial charge is 0.123 e. The lowest BCUT2D eigenvalue weighted by molar-refractivity contribution is 0.0698. The first-order valence-corrected chi connectivity index (χ1v) is 6.59. The number of methoxy groups -OCH3 is 2. The van der Waals surface area contributed by atoms with Gasteiger partial charge in [0.15, 0.2) is 0 Å². The van der Waals surface area contributed by atoms with Crippen LogP contribution in [0.2, 0.25) is 5.02 Å². The molecule has 0 spiro atoms. The Bertz CT molecular complexity index is 390. The number of aromatic nitrogens is 1. The van der Waals surface area contributed by atoms with E-state index in [1.807, 2.05) is 0 Å². The van der Waals surface area contributed by atoms with E-state index in [-0.39, 0.29) is 6.04 Å². The molecule has 0 amide bonds. The van der Waals surface area contributed by atoms with Gasteiger partial charge in [0.2, 0.25) is 0 Å². The molecule has 6 heteroatoms. The maximum Gasteiger partial charge on any atom is 0.123 e. The summed E-state index contributed by atoms with van der Waals surface area (Å²) in [5.41, 5.74) is 6.48. The van der Waals surface area contributed by atoms with E-state index in [1.165, 1.54) is 0 Å². The molecule has 5 nitrogen and oxygen atoms in total. The first-order valence-electron chi connectivity index (χ1n) is 6.21. The van der Waals surface area contributed by atoms with Crippen LogP contribution < -0.4 is 5.73 Å². The number of rotatable bonds is 8. The van der Waals surface area contributed by atoms with E-state index in [9.17, 15) is 0 Å². The van der Waals surface area contributed by atoms with Crippen molar-refractivity contribution in [3.8, 4) is 0 Å². The van der Waals surface area contributed by atoms with Gasteiger partial charge >= 0.3 is 0 Å². The van der Waals surface area contributed by atoms with E-state index in [0.29, 0.717) is 30.6 Å². The second kappa shape index (κ2) is 8.32. The Morgan fingerprint density at radius 2 is 2.11 bits per heavy atom. The molecule has 0 aliphatic rings. The van der Waals surface area contributed by atoms with Crippen molar-refractivity contribution in [2.75, 3.05) is 39.7 Å². The molecule has 0 saturated heterocycles. The molecule has 1 rings (SSSR count). The number of anilines is 1. The molecule has 1 unspecified atom stereocenters. The van der Waals surface area contributed by atoms with Gasteiger partial charge in [0.05, 0.1) is 23.9 Å². The number of halogens is 1. The van der Waals surface area contributed by atoms with Crippen LogP contribution in [0.1, 0.15) is 12.6 Å². The zero-order valence-electron chi connectivity index (χ0n) is 11.7. The van der Waals surface area contributed by atoms with Crippen molar-refractivity contribution in [2.45, 2.75) is 19.5 Å². The molecule has 19 heavy (non-hydrogen) atoms. The standard InChI is InChI=1S/C13H22ClN3O2/c1-10(9-19-3)17(6-7-18-2)8-12-11(14)4-5-13(15)16-12/h4-5,10H,6-9H2,1-3H3,(H2,15,16). The van der Waals surface area contributed by atoms with Gasteiger partial charge in [-0.05, 0) is 19.1 Å². The summed E-state index contributed by atoms with van der Waals surface area (Å²) < 4.78 is 10.3. The summed E-state index contributed by atoms with van der Waals surface area (Å²) >= 11 is 6.15. The molecule has 0 aromatic carbocycles. The molecule has 1 aromatic heterocycles. The predicted molar refractivity (Wildman–Crippen MR) is 77.3 cm³/mol. The van der Waals surface area contributed by atoms with Gasteiger partial charge in [-0.15, -0.1) is 0 Å². The van der Waals surface area contributed by atoms with Gasteiger partial charge in [-0.1, -0.05) is 11.6 Å². The molecule has 1 aromatic rings. The van der Waals surface area contributed by atoms with Crippen LogP contribution in [-0.2, 0) is 16.0 Å². The molecule has 0 bridgehead atoms. The minimum Gasteiger partial charge on any atom is -0.384 e. The highest BCUT2D eigenvalue weighted by Crippen LogP contribution is 2.18. The van der Waals surface area contributed by atoms with Gasteiger partial charge in [0.25, 0.3) is 0 Å². The summed E-state index contributed by atoms with van der Waals surface area (Å²) in [5, 5.41) is 0.626. The van der Waals surface area contributed by atoms with E-state index in [2.05, 4.69) is 16.8 Å². The van der Waals surface area contributed by atoms with Crippen molar-refractivity contribution < 1.29 is 9.47 Å². The highest BCUT2D eigenvalue weighted by atomic mass is 35.5. The monoisotopic (exact) mass is 287 g/mol. The normalized spacial score (nSPS) is 12.9. The lowest BCUT2D eigenvalue weighted by Crippen LogP contribution is -2.38. The minimum absolute atomic E-state index is 0.249. The summed E-state index contributed by atoms with van der Waals surface area (Å²) in [5.74, 6) is 0.477. The van der Waals surface area contributed by atoms with Crippen LogP contribution in [0.4, 0.5) is 5.82 Å². The third kappa shape index (κ3) is 5.32. The average Bonchev–Trinajstić information content (AvgIpc) is 2.38. The minimum atomic E-state index is 0.249. The fourth-order valence-electron chi connectivity index (χ4n) is 1.81. The fraction of sp³-hybridized carbons (Fsp3) is 0.615. The maximum atomic E-state index is 6.15. The van der Waals surface area contributed by atoms with Gasteiger partial charge in [-0.2, -0.15) is 0 Å². The Hall–Kier alpha value is -0.880. The molecule has 0 saturated carbocycles. The predicted octanol–water partition coefficient (Wildman–Crippen LogP) is 1.80. The number of nitrogens with zero attached hydrogens (tertiary/aromatic N) is 2. The molecule has 2 N–H and O–H groups in total. The first-order chi connectivity index (χ1) is 9.08. The highest BCUT2D eigenvalue weighted by molar-refractivity contribution is 6.31. The number of hydrogen-bond acceptors (Lipinski definition) is 5. The molecule has 0 radical (unpaired) electrons. The van der Waals surface area contributed by atoms with Crippen LogP contribution >= 0.6 is 11.6 Å². The second-order valence-electron chi connectivity index (χ2n) is 4.43. The Kier molecular flexibility index (Phi) is 7.09. The molecular formula is C13H22ClN3O2. The Morgan fingerprint density at radius 3 is 2.74 bits per heavy atom. The van der Waals surface area contributed by atoms with E-state index in [1.54, 1.807) is 26.4 Å². The van der Waals surface area contributed by atoms with E-state index >= 15 is 0 Å². The summed E-state index contributed by atoms with van der Waals surface area (Å²) in [6.45, 7) is 4.79. The van der Waals surface area contributed by atoms with E-state index in [4.69, 9.17) is 26.8 Å². The summed E-state index contributed by atoms with van der Waals surface area (Å²) in [6.07, 6.45) is 0. The average molecular weight is 288 g/mol. The Labute approximate surface area is 119 Å². The van der Waals surface area contributed by atoms with Crippen LogP contribution in [0.15, 0.2) is 12.1 Å². The SMILES string of the molecule is COCCN(Cc1nc(N)ccc1Cl)C(C)COC. The molecule has 0 aliphatic heterocycles. The lowest BCUT2D eigenvalue weighted by atomic mass is 10.2. The van der Waals surface area contributed by atoms with Crippen molar-refractivity contribution in [3.05, 3.63) is 22.8 Å². The molecular weight excluding hydrogens is 266 g/mol. The van der Waals surface area contributed by atoms with Crippen molar-refractivity contribution in [3.63, 3.8) is 0 Å². The molecule has 1 atom stereocenters. The van der Waals surface area contributed by atoms with E-state index < -0.39 is 0 Å². The molecule has 1 heterocycles. The number of ether oxygens (including phenoxy) is 2. The van der Waals surface area contributed by atoms with Crippen molar-refractivity contribution in [1.29, 1.82) is 0 Å². The van der Waals surface area contributed by atoms with Crippen LogP contribution in [0.5, 0.6) is 0 Å². The Morgan fingerprint density at radius 1 is 1.37 bits per heavy atom. The van der Waals surface area contributed by atoms with Gasteiger partial charge in [-0.25, -0.2) is 4.98 Å². The number of pyridine rings is 1. The third-order valence-corrected chi connectivity index (χ3v) is 3.25. The molecule has 0 aliphatic carbocycles. The summed E-state index contributed by atoms with van der Waals surface area (Å²) in [6, 6.07) is 3.72. The van der Waals surface area contributed by atoms with Crippen molar-refractivity contribution in [2.24, 2.45) is 0 Å². The molecule has 0 fully saturated rings. The van der Waals surface area contributed by atoms with Crippen LogP contribution in [0, 0.1) is 0 Å². The second-order valence-corrected chi connectivity index (χ2v) is 4.84. The number of hydrogen-bond donors (Lipinski definition) is 1. The van der Waals surface area contributed by atoms with Crippen LogP contribution in [0.25, 0.3) is 0 Å². The number of nitrogen functional groups attached to an aromatic ring is 1. The lowest BCUT2D eigenvalue weighted by Gasteiger charge is -2.28.